The molecule has 0 saturated carbocycles. The number of nitrogens with one attached hydrogen (secondary N) is 1. The van der Waals surface area contributed by atoms with Crippen LogP contribution in [0.5, 0.6) is 0 Å². The van der Waals surface area contributed by atoms with E-state index in [4.69, 9.17) is 0 Å². The van der Waals surface area contributed by atoms with Crippen LogP contribution in [0.2, 0.25) is 0 Å². The Balaban J connectivity index is 1.48. The molecule has 2 aromatic carbocycles. The highest BCUT2D eigenvalue weighted by Crippen LogP contribution is 2.31. The lowest BCUT2D eigenvalue weighted by molar-refractivity contribution is -0.124. The number of hydrogen-bond acceptors (Lipinski definition) is 4. The van der Waals surface area contributed by atoms with Crippen molar-refractivity contribution < 1.29 is 18.8 Å². The van der Waals surface area contributed by atoms with Crippen LogP contribution < -0.4 is 5.32 Å². The third-order valence-electron chi connectivity index (χ3n) is 4.82. The maximum atomic E-state index is 13.0. The van der Waals surface area contributed by atoms with Crippen molar-refractivity contribution in [3.05, 3.63) is 75.4 Å². The molecule has 0 radical (unpaired) electrons. The Hall–Kier alpha value is -2.93. The third kappa shape index (κ3) is 5.57. The summed E-state index contributed by atoms with van der Waals surface area (Å²) >= 11 is 0.842. The summed E-state index contributed by atoms with van der Waals surface area (Å²) in [5.41, 5.74) is 4.12. The van der Waals surface area contributed by atoms with E-state index >= 15 is 0 Å². The number of hydrogen-bond donors (Lipinski definition) is 1. The summed E-state index contributed by atoms with van der Waals surface area (Å²) in [5.74, 6) is -0.892. The molecule has 0 aromatic heterocycles. The monoisotopic (exact) mass is 426 g/mol. The molecule has 0 aliphatic carbocycles. The number of carbonyl (C=O) groups excluding carboxylic acids is 3. The van der Waals surface area contributed by atoms with Gasteiger partial charge in [0.1, 0.15) is 5.82 Å². The van der Waals surface area contributed by atoms with Crippen molar-refractivity contribution in [1.29, 1.82) is 0 Å². The van der Waals surface area contributed by atoms with Crippen LogP contribution in [0.3, 0.4) is 0 Å². The van der Waals surface area contributed by atoms with Gasteiger partial charge in [0.25, 0.3) is 11.1 Å². The predicted molar refractivity (Wildman–Crippen MR) is 116 cm³/mol. The molecule has 2 aromatic rings. The maximum absolute atomic E-state index is 13.0. The van der Waals surface area contributed by atoms with Crippen molar-refractivity contribution >= 4 is 34.9 Å². The number of thioether (sulfide) groups is 1. The first kappa shape index (κ1) is 21.8. The van der Waals surface area contributed by atoms with Crippen LogP contribution in [0.15, 0.2) is 47.4 Å². The van der Waals surface area contributed by atoms with E-state index in [-0.39, 0.29) is 35.0 Å². The zero-order chi connectivity index (χ0) is 21.7. The number of halogens is 1. The molecule has 1 N–H and O–H groups in total. The summed E-state index contributed by atoms with van der Waals surface area (Å²) in [6.45, 7) is 4.37. The van der Waals surface area contributed by atoms with Gasteiger partial charge in [-0.15, -0.1) is 0 Å². The molecule has 0 spiro atoms. The number of aryl methyl sites for hydroxylation is 3. The van der Waals surface area contributed by atoms with Crippen LogP contribution in [0.4, 0.5) is 9.18 Å². The van der Waals surface area contributed by atoms with Crippen molar-refractivity contribution in [1.82, 2.24) is 10.2 Å². The first-order chi connectivity index (χ1) is 14.3. The van der Waals surface area contributed by atoms with Gasteiger partial charge in [-0.25, -0.2) is 4.39 Å². The van der Waals surface area contributed by atoms with E-state index in [9.17, 15) is 18.8 Å². The van der Waals surface area contributed by atoms with Gasteiger partial charge >= 0.3 is 0 Å². The van der Waals surface area contributed by atoms with Crippen molar-refractivity contribution in [3.63, 3.8) is 0 Å². The van der Waals surface area contributed by atoms with E-state index in [2.05, 4.69) is 11.4 Å². The zero-order valence-electron chi connectivity index (χ0n) is 16.9. The first-order valence-corrected chi connectivity index (χ1v) is 10.5. The van der Waals surface area contributed by atoms with Crippen molar-refractivity contribution in [2.75, 3.05) is 13.1 Å². The fourth-order valence-corrected chi connectivity index (χ4v) is 4.04. The van der Waals surface area contributed by atoms with Crippen molar-refractivity contribution in [2.45, 2.75) is 26.7 Å². The molecule has 1 fully saturated rings. The Labute approximate surface area is 179 Å². The third-order valence-corrected chi connectivity index (χ3v) is 5.73. The minimum Gasteiger partial charge on any atom is -0.354 e. The molecule has 3 rings (SSSR count). The van der Waals surface area contributed by atoms with Crippen LogP contribution in [-0.4, -0.2) is 35.0 Å². The maximum Gasteiger partial charge on any atom is 0.293 e. The average molecular weight is 427 g/mol. The lowest BCUT2D eigenvalue weighted by Gasteiger charge is -2.13. The van der Waals surface area contributed by atoms with Gasteiger partial charge < -0.3 is 5.32 Å². The molecule has 1 saturated heterocycles. The number of carbonyl (C=O) groups is 3. The van der Waals surface area contributed by atoms with E-state index in [0.29, 0.717) is 18.4 Å². The largest absolute Gasteiger partial charge is 0.354 e. The zero-order valence-corrected chi connectivity index (χ0v) is 17.7. The second kappa shape index (κ2) is 9.71. The molecule has 0 bridgehead atoms. The summed E-state index contributed by atoms with van der Waals surface area (Å²) in [7, 11) is 0. The van der Waals surface area contributed by atoms with Crippen LogP contribution in [0.1, 0.15) is 28.7 Å². The summed E-state index contributed by atoms with van der Waals surface area (Å²) < 4.78 is 13.0. The lowest BCUT2D eigenvalue weighted by Crippen LogP contribution is -2.37. The molecule has 1 aliphatic heterocycles. The highest BCUT2D eigenvalue weighted by molar-refractivity contribution is 8.18. The Kier molecular flexibility index (Phi) is 7.05. The van der Waals surface area contributed by atoms with E-state index in [1.54, 1.807) is 18.2 Å². The molecule has 5 nitrogen and oxygen atoms in total. The molecular weight excluding hydrogens is 403 g/mol. The molecule has 0 atom stereocenters. The fraction of sp³-hybridized carbons (Fsp3) is 0.261. The standard InChI is InChI=1S/C23H23FN2O3S/c1-15-3-6-18(16(2)13-15)7-10-21(27)25-11-12-26-22(28)20(30-23(26)29)14-17-4-8-19(24)9-5-17/h3-6,8-9,13-14H,7,10-12H2,1-2H3,(H,25,27)/b20-14+. The molecular formula is C23H23FN2O3S. The van der Waals surface area contributed by atoms with Gasteiger partial charge in [-0.2, -0.15) is 0 Å². The van der Waals surface area contributed by atoms with Crippen LogP contribution in [0.25, 0.3) is 6.08 Å². The van der Waals surface area contributed by atoms with Crippen LogP contribution >= 0.6 is 11.8 Å². The van der Waals surface area contributed by atoms with E-state index in [0.717, 1.165) is 27.8 Å². The van der Waals surface area contributed by atoms with Crippen LogP contribution in [-0.2, 0) is 16.0 Å². The molecule has 156 valence electrons. The summed E-state index contributed by atoms with van der Waals surface area (Å²) in [4.78, 5) is 38.1. The normalized spacial score (nSPS) is 15.2. The lowest BCUT2D eigenvalue weighted by atomic mass is 10.0. The summed E-state index contributed by atoms with van der Waals surface area (Å²) in [6, 6.07) is 11.8. The Morgan fingerprint density at radius 3 is 2.57 bits per heavy atom. The highest BCUT2D eigenvalue weighted by Gasteiger charge is 2.34. The van der Waals surface area contributed by atoms with Crippen molar-refractivity contribution in [2.24, 2.45) is 0 Å². The Bertz CT molecular complexity index is 1000. The Morgan fingerprint density at radius 2 is 1.87 bits per heavy atom. The molecule has 1 aliphatic rings. The first-order valence-electron chi connectivity index (χ1n) is 9.67. The summed E-state index contributed by atoms with van der Waals surface area (Å²) in [6.07, 6.45) is 2.54. The topological polar surface area (TPSA) is 66.5 Å². The minimum atomic E-state index is -0.404. The second-order valence-corrected chi connectivity index (χ2v) is 8.16. The number of benzene rings is 2. The minimum absolute atomic E-state index is 0.112. The van der Waals surface area contributed by atoms with Gasteiger partial charge in [-0.05, 0) is 66.9 Å². The Morgan fingerprint density at radius 1 is 1.13 bits per heavy atom. The molecule has 30 heavy (non-hydrogen) atoms. The van der Waals surface area contributed by atoms with Gasteiger partial charge in [-0.3, -0.25) is 19.3 Å². The molecule has 1 heterocycles. The number of nitrogens with zero attached hydrogens (tertiary/aromatic N) is 1. The number of imide groups is 1. The second-order valence-electron chi connectivity index (χ2n) is 7.16. The predicted octanol–water partition coefficient (Wildman–Crippen LogP) is 4.23. The average Bonchev–Trinajstić information content (AvgIpc) is 2.96. The quantitative estimate of drug-likeness (QED) is 0.673. The van der Waals surface area contributed by atoms with Gasteiger partial charge in [-0.1, -0.05) is 35.9 Å². The van der Waals surface area contributed by atoms with Gasteiger partial charge in [0, 0.05) is 19.5 Å². The smallest absolute Gasteiger partial charge is 0.293 e. The van der Waals surface area contributed by atoms with Crippen molar-refractivity contribution in [3.8, 4) is 0 Å². The van der Waals surface area contributed by atoms with Gasteiger partial charge in [0.05, 0.1) is 4.91 Å². The number of rotatable bonds is 7. The van der Waals surface area contributed by atoms with Crippen LogP contribution in [0, 0.1) is 19.7 Å². The molecule has 3 amide bonds. The SMILES string of the molecule is Cc1ccc(CCC(=O)NCCN2C(=O)S/C(=C/c3ccc(F)cc3)C2=O)c(C)c1. The van der Waals surface area contributed by atoms with E-state index in [1.807, 2.05) is 26.0 Å². The van der Waals surface area contributed by atoms with E-state index in [1.165, 1.54) is 17.7 Å². The van der Waals surface area contributed by atoms with Gasteiger partial charge in [0.15, 0.2) is 0 Å². The van der Waals surface area contributed by atoms with Gasteiger partial charge in [0.2, 0.25) is 5.91 Å². The number of amides is 3. The fourth-order valence-electron chi connectivity index (χ4n) is 3.17. The molecule has 0 unspecified atom stereocenters. The van der Waals surface area contributed by atoms with E-state index < -0.39 is 5.91 Å². The summed E-state index contributed by atoms with van der Waals surface area (Å²) in [5, 5.41) is 2.39. The highest BCUT2D eigenvalue weighted by atomic mass is 32.2. The molecule has 7 heteroatoms.